The van der Waals surface area contributed by atoms with Gasteiger partial charge in [0.2, 0.25) is 0 Å². The maximum Gasteiger partial charge on any atom is 0.195 e. The Morgan fingerprint density at radius 2 is 2.12 bits per heavy atom. The minimum Gasteiger partial charge on any atom is -0.300 e. The summed E-state index contributed by atoms with van der Waals surface area (Å²) < 4.78 is 3.06. The zero-order valence-corrected chi connectivity index (χ0v) is 12.1. The summed E-state index contributed by atoms with van der Waals surface area (Å²) in [5, 5.41) is 7.37. The summed E-state index contributed by atoms with van der Waals surface area (Å²) >= 11 is 5.42. The molecule has 1 aromatic rings. The second-order valence-electron chi connectivity index (χ2n) is 6.16. The van der Waals surface area contributed by atoms with Gasteiger partial charge in [-0.3, -0.25) is 5.10 Å². The summed E-state index contributed by atoms with van der Waals surface area (Å²) in [5.74, 6) is 1.52. The lowest BCUT2D eigenvalue weighted by Crippen LogP contribution is -2.31. The van der Waals surface area contributed by atoms with Gasteiger partial charge in [-0.15, -0.1) is 0 Å². The molecule has 1 aliphatic carbocycles. The molecule has 1 saturated carbocycles. The van der Waals surface area contributed by atoms with E-state index < -0.39 is 0 Å². The van der Waals surface area contributed by atoms with Crippen LogP contribution in [0.4, 0.5) is 0 Å². The van der Waals surface area contributed by atoms with Gasteiger partial charge >= 0.3 is 0 Å². The summed E-state index contributed by atoms with van der Waals surface area (Å²) in [6, 6.07) is 0.500. The molecule has 0 aliphatic heterocycles. The zero-order valence-electron chi connectivity index (χ0n) is 11.3. The molecule has 0 radical (unpaired) electrons. The molecule has 3 nitrogen and oxygen atoms in total. The number of rotatable bonds is 2. The van der Waals surface area contributed by atoms with Gasteiger partial charge in [-0.05, 0) is 30.5 Å². The van der Waals surface area contributed by atoms with Crippen molar-refractivity contribution in [3.63, 3.8) is 0 Å². The average Bonchev–Trinajstić information content (AvgIpc) is 2.60. The fourth-order valence-corrected chi connectivity index (χ4v) is 3.25. The van der Waals surface area contributed by atoms with Gasteiger partial charge in [0.25, 0.3) is 0 Å². The molecule has 1 fully saturated rings. The van der Waals surface area contributed by atoms with Crippen molar-refractivity contribution in [1.82, 2.24) is 14.8 Å². The van der Waals surface area contributed by atoms with Gasteiger partial charge in [0.05, 0.1) is 0 Å². The predicted molar refractivity (Wildman–Crippen MR) is 72.8 cm³/mol. The van der Waals surface area contributed by atoms with E-state index in [-0.39, 0.29) is 0 Å². The second-order valence-corrected chi connectivity index (χ2v) is 6.55. The molecule has 2 rings (SSSR count). The third-order valence-electron chi connectivity index (χ3n) is 4.01. The number of H-pyrrole nitrogens is 1. The highest BCUT2D eigenvalue weighted by atomic mass is 32.1. The fraction of sp³-hybridized carbons (Fsp3) is 0.846. The van der Waals surface area contributed by atoms with E-state index in [0.29, 0.717) is 17.4 Å². The van der Waals surface area contributed by atoms with Gasteiger partial charge < -0.3 is 4.57 Å². The fourth-order valence-electron chi connectivity index (χ4n) is 2.98. The minimum atomic E-state index is 0.323. The van der Waals surface area contributed by atoms with Crippen LogP contribution in [0.3, 0.4) is 0 Å². The van der Waals surface area contributed by atoms with Crippen LogP contribution >= 0.6 is 12.2 Å². The van der Waals surface area contributed by atoms with Gasteiger partial charge in [0.15, 0.2) is 4.77 Å². The lowest BCUT2D eigenvalue weighted by molar-refractivity contribution is 0.139. The van der Waals surface area contributed by atoms with Crippen LogP contribution in [-0.4, -0.2) is 14.8 Å². The van der Waals surface area contributed by atoms with E-state index in [2.05, 4.69) is 42.5 Å². The summed E-state index contributed by atoms with van der Waals surface area (Å²) in [6.07, 6.45) is 5.15. The molecule has 0 aromatic carbocycles. The van der Waals surface area contributed by atoms with Crippen LogP contribution in [0.2, 0.25) is 0 Å². The van der Waals surface area contributed by atoms with Crippen molar-refractivity contribution >= 4 is 12.2 Å². The maximum absolute atomic E-state index is 5.42. The molecular formula is C13H23N3S. The molecule has 1 aromatic heterocycles. The van der Waals surface area contributed by atoms with E-state index in [1.807, 2.05) is 0 Å². The quantitative estimate of drug-likeness (QED) is 0.801. The zero-order chi connectivity index (χ0) is 12.6. The Kier molecular flexibility index (Phi) is 3.43. The van der Waals surface area contributed by atoms with Crippen molar-refractivity contribution in [1.29, 1.82) is 0 Å². The number of hydrogen-bond donors (Lipinski definition) is 1. The molecule has 1 atom stereocenters. The Balaban J connectivity index is 2.45. The molecule has 1 heterocycles. The van der Waals surface area contributed by atoms with Crippen LogP contribution in [-0.2, 0) is 0 Å². The normalized spacial score (nSPS) is 24.2. The average molecular weight is 253 g/mol. The highest BCUT2D eigenvalue weighted by Gasteiger charge is 2.35. The summed E-state index contributed by atoms with van der Waals surface area (Å²) in [5.41, 5.74) is 0.323. The third kappa shape index (κ3) is 2.32. The Morgan fingerprint density at radius 1 is 1.41 bits per heavy atom. The van der Waals surface area contributed by atoms with Crippen molar-refractivity contribution in [3.8, 4) is 0 Å². The first kappa shape index (κ1) is 12.8. The SMILES string of the molecule is CC(C)c1n[nH]c(=S)n1C1CCCCC1(C)C. The van der Waals surface area contributed by atoms with E-state index >= 15 is 0 Å². The molecule has 4 heteroatoms. The Morgan fingerprint density at radius 3 is 2.71 bits per heavy atom. The molecule has 1 unspecified atom stereocenters. The van der Waals surface area contributed by atoms with Crippen LogP contribution in [0.25, 0.3) is 0 Å². The lowest BCUT2D eigenvalue weighted by Gasteiger charge is -2.40. The Hall–Kier alpha value is -0.640. The minimum absolute atomic E-state index is 0.323. The molecule has 1 aliphatic rings. The van der Waals surface area contributed by atoms with Crippen LogP contribution < -0.4 is 0 Å². The lowest BCUT2D eigenvalue weighted by atomic mass is 9.73. The highest BCUT2D eigenvalue weighted by molar-refractivity contribution is 7.71. The standard InChI is InChI=1S/C13H23N3S/c1-9(2)11-14-15-12(17)16(11)10-7-5-6-8-13(10,3)4/h9-10H,5-8H2,1-4H3,(H,15,17). The maximum atomic E-state index is 5.42. The van der Waals surface area contributed by atoms with Gasteiger partial charge in [-0.25, -0.2) is 0 Å². The second kappa shape index (κ2) is 4.56. The first-order valence-electron chi connectivity index (χ1n) is 6.60. The summed E-state index contributed by atoms with van der Waals surface area (Å²) in [6.45, 7) is 9.07. The van der Waals surface area contributed by atoms with Gasteiger partial charge in [-0.2, -0.15) is 5.10 Å². The largest absolute Gasteiger partial charge is 0.300 e. The van der Waals surface area contributed by atoms with Crippen molar-refractivity contribution in [2.45, 2.75) is 65.3 Å². The Labute approximate surface area is 109 Å². The van der Waals surface area contributed by atoms with E-state index in [0.717, 1.165) is 10.6 Å². The van der Waals surface area contributed by atoms with E-state index in [1.165, 1.54) is 25.7 Å². The first-order chi connectivity index (χ1) is 7.93. The van der Waals surface area contributed by atoms with Crippen molar-refractivity contribution in [3.05, 3.63) is 10.6 Å². The first-order valence-corrected chi connectivity index (χ1v) is 7.01. The van der Waals surface area contributed by atoms with Crippen molar-refractivity contribution in [2.24, 2.45) is 5.41 Å². The monoisotopic (exact) mass is 253 g/mol. The number of hydrogen-bond acceptors (Lipinski definition) is 2. The van der Waals surface area contributed by atoms with Crippen molar-refractivity contribution in [2.75, 3.05) is 0 Å². The molecule has 0 spiro atoms. The smallest absolute Gasteiger partial charge is 0.195 e. The van der Waals surface area contributed by atoms with E-state index in [4.69, 9.17) is 12.2 Å². The van der Waals surface area contributed by atoms with E-state index in [1.54, 1.807) is 0 Å². The molecular weight excluding hydrogens is 230 g/mol. The molecule has 17 heavy (non-hydrogen) atoms. The molecule has 0 bridgehead atoms. The topological polar surface area (TPSA) is 33.6 Å². The number of nitrogens with one attached hydrogen (secondary N) is 1. The Bertz CT molecular complexity index is 442. The van der Waals surface area contributed by atoms with E-state index in [9.17, 15) is 0 Å². The number of nitrogens with zero attached hydrogens (tertiary/aromatic N) is 2. The van der Waals surface area contributed by atoms with Crippen LogP contribution in [0.15, 0.2) is 0 Å². The van der Waals surface area contributed by atoms with Gasteiger partial charge in [-0.1, -0.05) is 40.5 Å². The van der Waals surface area contributed by atoms with Crippen LogP contribution in [0.1, 0.15) is 71.2 Å². The summed E-state index contributed by atoms with van der Waals surface area (Å²) in [4.78, 5) is 0. The van der Waals surface area contributed by atoms with Crippen molar-refractivity contribution < 1.29 is 0 Å². The molecule has 0 amide bonds. The predicted octanol–water partition coefficient (Wildman–Crippen LogP) is 4.21. The third-order valence-corrected chi connectivity index (χ3v) is 4.30. The highest BCUT2D eigenvalue weighted by Crippen LogP contribution is 2.44. The summed E-state index contributed by atoms with van der Waals surface area (Å²) in [7, 11) is 0. The molecule has 1 N–H and O–H groups in total. The van der Waals surface area contributed by atoms with Gasteiger partial charge in [0, 0.05) is 12.0 Å². The van der Waals surface area contributed by atoms with Crippen LogP contribution in [0, 0.1) is 10.2 Å². The molecule has 0 saturated heterocycles. The molecule has 96 valence electrons. The number of aromatic nitrogens is 3. The van der Waals surface area contributed by atoms with Gasteiger partial charge in [0.1, 0.15) is 5.82 Å². The van der Waals surface area contributed by atoms with Crippen LogP contribution in [0.5, 0.6) is 0 Å². The number of aromatic amines is 1.